The van der Waals surface area contributed by atoms with Gasteiger partial charge in [-0.2, -0.15) is 0 Å². The molecule has 0 saturated heterocycles. The summed E-state index contributed by atoms with van der Waals surface area (Å²) < 4.78 is 43.2. The number of unbranched alkanes of at least 4 members (excludes halogenated alkanes) is 8. The normalized spacial score (nSPS) is 15.1. The van der Waals surface area contributed by atoms with Gasteiger partial charge in [-0.25, -0.2) is 19.6 Å². The van der Waals surface area contributed by atoms with Crippen molar-refractivity contribution in [2.75, 3.05) is 60.0 Å². The van der Waals surface area contributed by atoms with E-state index in [1.54, 1.807) is 31.4 Å². The summed E-state index contributed by atoms with van der Waals surface area (Å²) in [5.74, 6) is 4.72. The number of aromatic nitrogens is 2. The van der Waals surface area contributed by atoms with Gasteiger partial charge in [0.05, 0.1) is 77.3 Å². The first-order chi connectivity index (χ1) is 26.5. The third-order valence-electron chi connectivity index (χ3n) is 8.52. The van der Waals surface area contributed by atoms with Gasteiger partial charge in [0.15, 0.2) is 5.75 Å². The van der Waals surface area contributed by atoms with E-state index in [9.17, 15) is 14.4 Å². The van der Waals surface area contributed by atoms with Crippen LogP contribution in [0.15, 0.2) is 49.3 Å². The molecule has 0 radical (unpaired) electrons. The maximum absolute atomic E-state index is 12.7. The van der Waals surface area contributed by atoms with Gasteiger partial charge < -0.3 is 37.9 Å². The van der Waals surface area contributed by atoms with Crippen LogP contribution in [0, 0.1) is 17.8 Å². The smallest absolute Gasteiger partial charge is 0.390 e. The first kappa shape index (κ1) is 44.0. The lowest BCUT2D eigenvalue weighted by molar-refractivity contribution is -0.141. The molecule has 1 aliphatic rings. The molecule has 0 N–H and O–H groups in total. The summed E-state index contributed by atoms with van der Waals surface area (Å²) in [6, 6.07) is 6.23. The highest BCUT2D eigenvalue weighted by atomic mass is 16.6. The van der Waals surface area contributed by atoms with Crippen LogP contribution < -0.4 is 14.2 Å². The predicted octanol–water partition coefficient (Wildman–Crippen LogP) is 6.21. The quantitative estimate of drug-likeness (QED) is 0.0335. The molecular weight excluding hydrogens is 696 g/mol. The highest BCUT2D eigenvalue weighted by Gasteiger charge is 2.28. The standard InChI is InChI=1S/C41H56N2O11/c1-3-39(44)52-24-12-10-8-6-4-5-7-9-11-23-50-37-31-42-38(43-32-37)21-22-40(45)53-35-17-19-36(20-18-35)54-41(46)33-13-15-34(16-14-33)51-30-29-49-28-27-48-26-25-47-2/h3,17-20,31-34H,1,4-16,23-30H2,2H3. The van der Waals surface area contributed by atoms with Crippen LogP contribution in [-0.2, 0) is 38.1 Å². The summed E-state index contributed by atoms with van der Waals surface area (Å²) in [7, 11) is 1.63. The number of rotatable bonds is 27. The van der Waals surface area contributed by atoms with E-state index in [1.165, 1.54) is 37.7 Å². The van der Waals surface area contributed by atoms with Crippen LogP contribution in [0.3, 0.4) is 0 Å². The lowest BCUT2D eigenvalue weighted by Gasteiger charge is -2.27. The molecule has 1 heterocycles. The number of esters is 3. The van der Waals surface area contributed by atoms with E-state index in [0.29, 0.717) is 77.2 Å². The Hall–Kier alpha value is -4.35. The van der Waals surface area contributed by atoms with Crippen LogP contribution in [-0.4, -0.2) is 93.9 Å². The molecule has 1 aromatic heterocycles. The number of carbonyl (C=O) groups is 3. The van der Waals surface area contributed by atoms with Crippen LogP contribution >= 0.6 is 0 Å². The van der Waals surface area contributed by atoms with E-state index in [1.807, 2.05) is 0 Å². The van der Waals surface area contributed by atoms with E-state index < -0.39 is 5.97 Å². The number of carbonyl (C=O) groups excluding carboxylic acids is 3. The van der Waals surface area contributed by atoms with E-state index in [0.717, 1.165) is 51.4 Å². The largest absolute Gasteiger partial charge is 0.490 e. The molecule has 13 nitrogen and oxygen atoms in total. The number of nitrogens with zero attached hydrogens (tertiary/aromatic N) is 2. The van der Waals surface area contributed by atoms with E-state index in [-0.39, 0.29) is 35.5 Å². The van der Waals surface area contributed by atoms with Gasteiger partial charge in [-0.15, -0.1) is 0 Å². The van der Waals surface area contributed by atoms with Gasteiger partial charge in [0.2, 0.25) is 5.82 Å². The number of hydrogen-bond acceptors (Lipinski definition) is 13. The first-order valence-electron chi connectivity index (χ1n) is 19.0. The number of methoxy groups -OCH3 is 1. The molecule has 0 unspecified atom stereocenters. The first-order valence-corrected chi connectivity index (χ1v) is 19.0. The third kappa shape index (κ3) is 20.2. The van der Waals surface area contributed by atoms with Crippen molar-refractivity contribution in [1.29, 1.82) is 0 Å². The Bertz CT molecular complexity index is 1420. The molecule has 54 heavy (non-hydrogen) atoms. The van der Waals surface area contributed by atoms with Crippen molar-refractivity contribution in [3.63, 3.8) is 0 Å². The molecule has 0 amide bonds. The van der Waals surface area contributed by atoms with Crippen LogP contribution in [0.1, 0.15) is 89.3 Å². The fourth-order valence-electron chi connectivity index (χ4n) is 5.54. The second kappa shape index (κ2) is 28.1. The molecule has 0 bridgehead atoms. The second-order valence-electron chi connectivity index (χ2n) is 12.7. The minimum absolute atomic E-state index is 0.104. The van der Waals surface area contributed by atoms with Gasteiger partial charge in [0, 0.05) is 19.1 Å². The van der Waals surface area contributed by atoms with Gasteiger partial charge in [-0.3, -0.25) is 4.79 Å². The van der Waals surface area contributed by atoms with Crippen molar-refractivity contribution in [1.82, 2.24) is 9.97 Å². The van der Waals surface area contributed by atoms with Gasteiger partial charge >= 0.3 is 17.9 Å². The molecule has 1 aromatic carbocycles. The van der Waals surface area contributed by atoms with Crippen molar-refractivity contribution >= 4 is 17.9 Å². The van der Waals surface area contributed by atoms with Crippen LogP contribution in [0.4, 0.5) is 0 Å². The summed E-state index contributed by atoms with van der Waals surface area (Å²) in [6.07, 6.45) is 17.2. The van der Waals surface area contributed by atoms with Gasteiger partial charge in [-0.05, 0) is 68.7 Å². The maximum atomic E-state index is 12.7. The fraction of sp³-hybridized carbons (Fsp3) is 0.585. The molecule has 0 atom stereocenters. The minimum atomic E-state index is -0.771. The molecule has 2 aromatic rings. The van der Waals surface area contributed by atoms with Crippen molar-refractivity contribution in [2.45, 2.75) is 89.6 Å². The zero-order valence-corrected chi connectivity index (χ0v) is 31.6. The number of ether oxygens (including phenoxy) is 8. The van der Waals surface area contributed by atoms with E-state index in [4.69, 9.17) is 37.9 Å². The summed E-state index contributed by atoms with van der Waals surface area (Å²) >= 11 is 0. The molecule has 13 heteroatoms. The van der Waals surface area contributed by atoms with E-state index >= 15 is 0 Å². The zero-order valence-electron chi connectivity index (χ0n) is 31.6. The Balaban J connectivity index is 1.21. The topological polar surface area (TPSA) is 151 Å². The monoisotopic (exact) mass is 752 g/mol. The Morgan fingerprint density at radius 3 is 1.87 bits per heavy atom. The minimum Gasteiger partial charge on any atom is -0.490 e. The summed E-state index contributed by atoms with van der Waals surface area (Å²) in [6.45, 7) is 7.57. The third-order valence-corrected chi connectivity index (χ3v) is 8.52. The predicted molar refractivity (Wildman–Crippen MR) is 200 cm³/mol. The van der Waals surface area contributed by atoms with Crippen molar-refractivity contribution in [3.05, 3.63) is 55.1 Å². The lowest BCUT2D eigenvalue weighted by Crippen LogP contribution is -2.29. The van der Waals surface area contributed by atoms with Crippen LogP contribution in [0.2, 0.25) is 0 Å². The molecule has 296 valence electrons. The highest BCUT2D eigenvalue weighted by molar-refractivity contribution is 5.90. The molecular formula is C41H56N2O11. The molecule has 1 aliphatic carbocycles. The Kier molecular flexibility index (Phi) is 23.0. The maximum Gasteiger partial charge on any atom is 0.390 e. The Morgan fingerprint density at radius 1 is 0.704 bits per heavy atom. The molecule has 0 spiro atoms. The van der Waals surface area contributed by atoms with Crippen LogP contribution in [0.25, 0.3) is 0 Å². The lowest BCUT2D eigenvalue weighted by atomic mass is 9.87. The molecule has 1 fully saturated rings. The molecule has 1 saturated carbocycles. The van der Waals surface area contributed by atoms with Crippen LogP contribution in [0.5, 0.6) is 17.2 Å². The fourth-order valence-corrected chi connectivity index (χ4v) is 5.54. The second-order valence-corrected chi connectivity index (χ2v) is 12.7. The van der Waals surface area contributed by atoms with Crippen molar-refractivity contribution in [3.8, 4) is 29.1 Å². The molecule has 3 rings (SSSR count). The Morgan fingerprint density at radius 2 is 1.26 bits per heavy atom. The molecule has 0 aliphatic heterocycles. The number of benzene rings is 1. The Labute approximate surface area is 319 Å². The van der Waals surface area contributed by atoms with Gasteiger partial charge in [-0.1, -0.05) is 51.5 Å². The number of hydrogen-bond donors (Lipinski definition) is 0. The average molecular weight is 753 g/mol. The zero-order chi connectivity index (χ0) is 38.5. The summed E-state index contributed by atoms with van der Waals surface area (Å²) in [4.78, 5) is 44.3. The average Bonchev–Trinajstić information content (AvgIpc) is 3.19. The summed E-state index contributed by atoms with van der Waals surface area (Å²) in [5, 5.41) is 0. The SMILES string of the molecule is C=CC(=O)OCCCCCCCCCCCOc1cnc(C#CC(=O)Oc2ccc(OC(=O)C3CCC(OCCOCCOCCOC)CC3)cc2)nc1. The van der Waals surface area contributed by atoms with Gasteiger partial charge in [0.25, 0.3) is 0 Å². The highest BCUT2D eigenvalue weighted by Crippen LogP contribution is 2.28. The summed E-state index contributed by atoms with van der Waals surface area (Å²) in [5.41, 5.74) is 0. The van der Waals surface area contributed by atoms with Crippen molar-refractivity contribution < 1.29 is 52.3 Å². The van der Waals surface area contributed by atoms with Crippen molar-refractivity contribution in [2.24, 2.45) is 5.92 Å². The van der Waals surface area contributed by atoms with Gasteiger partial charge in [0.1, 0.15) is 11.5 Å². The van der Waals surface area contributed by atoms with E-state index in [2.05, 4.69) is 28.4 Å².